The van der Waals surface area contributed by atoms with Crippen molar-refractivity contribution >= 4 is 0 Å². The van der Waals surface area contributed by atoms with Crippen molar-refractivity contribution in [3.05, 3.63) is 59.4 Å². The number of benzene rings is 2. The van der Waals surface area contributed by atoms with Gasteiger partial charge in [0, 0.05) is 25.8 Å². The highest BCUT2D eigenvalue weighted by Crippen LogP contribution is 2.27. The molecule has 134 valence electrons. The van der Waals surface area contributed by atoms with Gasteiger partial charge in [-0.3, -0.25) is 0 Å². The second-order valence-electron chi connectivity index (χ2n) is 6.03. The topological polar surface area (TPSA) is 30.5 Å². The highest BCUT2D eigenvalue weighted by molar-refractivity contribution is 5.65. The summed E-state index contributed by atoms with van der Waals surface area (Å²) in [5.41, 5.74) is 0.370. The molecule has 1 N–H and O–H groups in total. The number of ether oxygens (including phenoxy) is 2. The van der Waals surface area contributed by atoms with Crippen molar-refractivity contribution in [2.75, 3.05) is 20.3 Å². The molecular formula is C19H20F3NO2. The van der Waals surface area contributed by atoms with Gasteiger partial charge in [0.2, 0.25) is 0 Å². The highest BCUT2D eigenvalue weighted by Gasteiger charge is 2.25. The van der Waals surface area contributed by atoms with Crippen molar-refractivity contribution in [1.29, 1.82) is 0 Å². The van der Waals surface area contributed by atoms with Gasteiger partial charge in [-0.1, -0.05) is 18.2 Å². The van der Waals surface area contributed by atoms with E-state index in [1.165, 1.54) is 18.2 Å². The summed E-state index contributed by atoms with van der Waals surface area (Å²) < 4.78 is 52.9. The van der Waals surface area contributed by atoms with E-state index in [1.54, 1.807) is 7.11 Å². The average Bonchev–Trinajstić information content (AvgIpc) is 2.61. The summed E-state index contributed by atoms with van der Waals surface area (Å²) in [7, 11) is 1.64. The molecule has 2 aromatic rings. The Kier molecular flexibility index (Phi) is 5.73. The smallest absolute Gasteiger partial charge is 0.133 e. The molecule has 0 aliphatic carbocycles. The van der Waals surface area contributed by atoms with Crippen LogP contribution in [0.3, 0.4) is 0 Å². The Morgan fingerprint density at radius 2 is 1.88 bits per heavy atom. The number of hydrogen-bond donors (Lipinski definition) is 1. The number of hydrogen-bond acceptors (Lipinski definition) is 3. The molecular weight excluding hydrogens is 331 g/mol. The average molecular weight is 351 g/mol. The predicted octanol–water partition coefficient (Wildman–Crippen LogP) is 3.66. The molecule has 1 heterocycles. The standard InChI is InChI=1S/C19H20F3NO2/c1-24-18-7-8-25-11-17(18)23-10-13-6-5-12(9-16(13)22)19-14(20)3-2-4-15(19)21/h2-6,9,17-18,23H,7-8,10-11H2,1H3/t17-,18-/m1/s1. The fourth-order valence-corrected chi connectivity index (χ4v) is 3.05. The van der Waals surface area contributed by atoms with Crippen molar-refractivity contribution in [3.8, 4) is 11.1 Å². The molecule has 1 saturated heterocycles. The third kappa shape index (κ3) is 4.03. The first kappa shape index (κ1) is 17.9. The maximum Gasteiger partial charge on any atom is 0.133 e. The van der Waals surface area contributed by atoms with Crippen molar-refractivity contribution in [2.24, 2.45) is 0 Å². The lowest BCUT2D eigenvalue weighted by atomic mass is 10.0. The van der Waals surface area contributed by atoms with Crippen molar-refractivity contribution in [3.63, 3.8) is 0 Å². The molecule has 1 aliphatic heterocycles. The van der Waals surface area contributed by atoms with E-state index in [-0.39, 0.29) is 29.8 Å². The minimum atomic E-state index is -0.715. The number of nitrogens with one attached hydrogen (secondary N) is 1. The molecule has 3 rings (SSSR count). The van der Waals surface area contributed by atoms with E-state index in [0.29, 0.717) is 18.8 Å². The van der Waals surface area contributed by atoms with Crippen LogP contribution in [0.15, 0.2) is 36.4 Å². The Bertz CT molecular complexity index is 718. The lowest BCUT2D eigenvalue weighted by Crippen LogP contribution is -2.47. The van der Waals surface area contributed by atoms with Gasteiger partial charge in [-0.2, -0.15) is 0 Å². The van der Waals surface area contributed by atoms with Crippen LogP contribution in [0.25, 0.3) is 11.1 Å². The molecule has 0 aromatic heterocycles. The van der Waals surface area contributed by atoms with Crippen LogP contribution in [0.2, 0.25) is 0 Å². The van der Waals surface area contributed by atoms with Crippen molar-refractivity contribution < 1.29 is 22.6 Å². The Hall–Kier alpha value is -1.89. The van der Waals surface area contributed by atoms with E-state index in [1.807, 2.05) is 0 Å². The fourth-order valence-electron chi connectivity index (χ4n) is 3.05. The Balaban J connectivity index is 1.74. The molecule has 2 atom stereocenters. The molecule has 0 radical (unpaired) electrons. The van der Waals surface area contributed by atoms with Crippen LogP contribution in [0.4, 0.5) is 13.2 Å². The van der Waals surface area contributed by atoms with E-state index in [0.717, 1.165) is 24.6 Å². The maximum atomic E-state index is 14.4. The molecule has 6 heteroatoms. The second kappa shape index (κ2) is 7.99. The van der Waals surface area contributed by atoms with Crippen LogP contribution in [-0.4, -0.2) is 32.5 Å². The normalized spacial score (nSPS) is 20.6. The maximum absolute atomic E-state index is 14.4. The molecule has 0 amide bonds. The van der Waals surface area contributed by atoms with Crippen LogP contribution in [0, 0.1) is 17.5 Å². The molecule has 2 aromatic carbocycles. The van der Waals surface area contributed by atoms with Crippen LogP contribution >= 0.6 is 0 Å². The lowest BCUT2D eigenvalue weighted by Gasteiger charge is -2.31. The Morgan fingerprint density at radius 1 is 1.12 bits per heavy atom. The van der Waals surface area contributed by atoms with Gasteiger partial charge in [0.15, 0.2) is 0 Å². The van der Waals surface area contributed by atoms with Gasteiger partial charge in [-0.05, 0) is 30.2 Å². The van der Waals surface area contributed by atoms with Gasteiger partial charge < -0.3 is 14.8 Å². The Morgan fingerprint density at radius 3 is 2.56 bits per heavy atom. The molecule has 1 aliphatic rings. The van der Waals surface area contributed by atoms with E-state index in [4.69, 9.17) is 9.47 Å². The van der Waals surface area contributed by atoms with Gasteiger partial charge in [0.05, 0.1) is 24.3 Å². The summed E-state index contributed by atoms with van der Waals surface area (Å²) in [6.07, 6.45) is 0.797. The summed E-state index contributed by atoms with van der Waals surface area (Å²) in [5, 5.41) is 3.22. The van der Waals surface area contributed by atoms with Gasteiger partial charge >= 0.3 is 0 Å². The van der Waals surface area contributed by atoms with Crippen LogP contribution < -0.4 is 5.32 Å². The monoisotopic (exact) mass is 351 g/mol. The van der Waals surface area contributed by atoms with Gasteiger partial charge in [-0.15, -0.1) is 0 Å². The van der Waals surface area contributed by atoms with Crippen LogP contribution in [0.5, 0.6) is 0 Å². The minimum Gasteiger partial charge on any atom is -0.380 e. The second-order valence-corrected chi connectivity index (χ2v) is 6.03. The zero-order valence-electron chi connectivity index (χ0n) is 13.9. The first-order valence-electron chi connectivity index (χ1n) is 8.17. The molecule has 0 bridgehead atoms. The summed E-state index contributed by atoms with van der Waals surface area (Å²) in [5.74, 6) is -1.95. The molecule has 3 nitrogen and oxygen atoms in total. The number of rotatable bonds is 5. The molecule has 1 fully saturated rings. The largest absolute Gasteiger partial charge is 0.380 e. The van der Waals surface area contributed by atoms with E-state index < -0.39 is 17.5 Å². The van der Waals surface area contributed by atoms with Crippen molar-refractivity contribution in [1.82, 2.24) is 5.32 Å². The summed E-state index contributed by atoms with van der Waals surface area (Å²) in [4.78, 5) is 0. The van der Waals surface area contributed by atoms with Gasteiger partial charge in [-0.25, -0.2) is 13.2 Å². The minimum absolute atomic E-state index is 0.0172. The quantitative estimate of drug-likeness (QED) is 0.892. The SMILES string of the molecule is CO[C@@H]1CCOC[C@H]1NCc1ccc(-c2c(F)cccc2F)cc1F. The van der Waals surface area contributed by atoms with E-state index >= 15 is 0 Å². The molecule has 25 heavy (non-hydrogen) atoms. The lowest BCUT2D eigenvalue weighted by molar-refractivity contribution is -0.0374. The Labute approximate surface area is 144 Å². The third-order valence-corrected chi connectivity index (χ3v) is 4.45. The third-order valence-electron chi connectivity index (χ3n) is 4.45. The fraction of sp³-hybridized carbons (Fsp3) is 0.368. The molecule has 0 spiro atoms. The summed E-state index contributed by atoms with van der Waals surface area (Å²) in [6, 6.07) is 7.77. The summed E-state index contributed by atoms with van der Waals surface area (Å²) >= 11 is 0. The van der Waals surface area contributed by atoms with E-state index in [9.17, 15) is 13.2 Å². The number of methoxy groups -OCH3 is 1. The first-order valence-corrected chi connectivity index (χ1v) is 8.17. The summed E-state index contributed by atoms with van der Waals surface area (Å²) in [6.45, 7) is 1.42. The van der Waals surface area contributed by atoms with Crippen molar-refractivity contribution in [2.45, 2.75) is 25.1 Å². The van der Waals surface area contributed by atoms with Crippen LogP contribution in [-0.2, 0) is 16.0 Å². The zero-order chi connectivity index (χ0) is 17.8. The molecule has 0 unspecified atom stereocenters. The van der Waals surface area contributed by atoms with E-state index in [2.05, 4.69) is 5.32 Å². The highest BCUT2D eigenvalue weighted by atomic mass is 19.1. The van der Waals surface area contributed by atoms with Gasteiger partial charge in [0.1, 0.15) is 17.5 Å². The molecule has 0 saturated carbocycles. The number of halogens is 3. The first-order chi connectivity index (χ1) is 12.1. The zero-order valence-corrected chi connectivity index (χ0v) is 13.9. The predicted molar refractivity (Wildman–Crippen MR) is 88.6 cm³/mol. The van der Waals surface area contributed by atoms with Crippen LogP contribution in [0.1, 0.15) is 12.0 Å². The van der Waals surface area contributed by atoms with Gasteiger partial charge in [0.25, 0.3) is 0 Å².